The largest absolute Gasteiger partial charge is 0.393 e. The van der Waals surface area contributed by atoms with Crippen LogP contribution in [0.4, 0.5) is 0 Å². The second kappa shape index (κ2) is 7.66. The molecule has 8 atom stereocenters. The van der Waals surface area contributed by atoms with Gasteiger partial charge in [-0.05, 0) is 105 Å². The summed E-state index contributed by atoms with van der Waals surface area (Å²) in [5.41, 5.74) is 1.68. The van der Waals surface area contributed by atoms with E-state index in [1.165, 1.54) is 44.9 Å². The van der Waals surface area contributed by atoms with Crippen LogP contribution in [0.3, 0.4) is 0 Å². The molecule has 0 amide bonds. The number of hydrogen-bond acceptors (Lipinski definition) is 2. The normalized spacial score (nSPS) is 46.5. The minimum absolute atomic E-state index is 0.114. The molecule has 3 saturated carbocycles. The van der Waals surface area contributed by atoms with Gasteiger partial charge in [-0.15, -0.1) is 0 Å². The van der Waals surface area contributed by atoms with E-state index in [4.69, 9.17) is 0 Å². The smallest absolute Gasteiger partial charge is 0.0653 e. The highest BCUT2D eigenvalue weighted by Gasteiger charge is 2.61. The summed E-state index contributed by atoms with van der Waals surface area (Å²) >= 11 is 0. The Morgan fingerprint density at radius 2 is 1.86 bits per heavy atom. The van der Waals surface area contributed by atoms with Crippen molar-refractivity contribution in [3.8, 4) is 0 Å². The number of aliphatic hydroxyl groups is 2. The van der Waals surface area contributed by atoms with Gasteiger partial charge in [0.15, 0.2) is 0 Å². The second-order valence-corrected chi connectivity index (χ2v) is 12.5. The summed E-state index contributed by atoms with van der Waals surface area (Å²) in [5.74, 6) is 3.53. The number of hydrogen-bond donors (Lipinski definition) is 2. The van der Waals surface area contributed by atoms with E-state index in [2.05, 4.69) is 40.7 Å². The fourth-order valence-corrected chi connectivity index (χ4v) is 8.71. The number of aliphatic hydroxyl groups excluding tert-OH is 1. The minimum Gasteiger partial charge on any atom is -0.393 e. The van der Waals surface area contributed by atoms with E-state index in [-0.39, 0.29) is 6.10 Å². The van der Waals surface area contributed by atoms with Crippen LogP contribution in [-0.2, 0) is 0 Å². The first-order chi connectivity index (χ1) is 13.6. The fraction of sp³-hybridized carbons (Fsp3) is 0.926. The Labute approximate surface area is 179 Å². The van der Waals surface area contributed by atoms with E-state index >= 15 is 0 Å². The predicted molar refractivity (Wildman–Crippen MR) is 121 cm³/mol. The van der Waals surface area contributed by atoms with Crippen LogP contribution in [0.5, 0.6) is 0 Å². The molecule has 3 unspecified atom stereocenters. The lowest BCUT2D eigenvalue weighted by Crippen LogP contribution is -2.53. The Kier molecular flexibility index (Phi) is 5.78. The summed E-state index contributed by atoms with van der Waals surface area (Å²) in [6.07, 6.45) is 15.2. The van der Waals surface area contributed by atoms with Gasteiger partial charge in [0, 0.05) is 0 Å². The molecule has 0 bridgehead atoms. The third-order valence-electron chi connectivity index (χ3n) is 10.3. The topological polar surface area (TPSA) is 40.5 Å². The molecular weight excluding hydrogens is 356 g/mol. The summed E-state index contributed by atoms with van der Waals surface area (Å²) in [4.78, 5) is 0. The van der Waals surface area contributed by atoms with Gasteiger partial charge in [-0.1, -0.05) is 52.2 Å². The first-order valence-corrected chi connectivity index (χ1v) is 12.7. The van der Waals surface area contributed by atoms with Gasteiger partial charge in [-0.2, -0.15) is 0 Å². The van der Waals surface area contributed by atoms with Crippen molar-refractivity contribution in [2.45, 2.75) is 117 Å². The average molecular weight is 403 g/mol. The first kappa shape index (κ1) is 21.9. The molecule has 3 fully saturated rings. The number of fused-ring (bicyclic) bond motifs is 5. The Morgan fingerprint density at radius 3 is 2.59 bits per heavy atom. The van der Waals surface area contributed by atoms with Crippen molar-refractivity contribution in [2.75, 3.05) is 0 Å². The van der Waals surface area contributed by atoms with E-state index < -0.39 is 5.60 Å². The lowest BCUT2D eigenvalue weighted by Gasteiger charge is -2.59. The molecule has 166 valence electrons. The van der Waals surface area contributed by atoms with Crippen LogP contribution in [0, 0.1) is 40.4 Å². The van der Waals surface area contributed by atoms with Gasteiger partial charge < -0.3 is 10.2 Å². The van der Waals surface area contributed by atoms with Gasteiger partial charge >= 0.3 is 0 Å². The zero-order valence-corrected chi connectivity index (χ0v) is 19.7. The lowest BCUT2D eigenvalue weighted by molar-refractivity contribution is -0.105. The molecule has 0 heterocycles. The minimum atomic E-state index is -0.514. The summed E-state index contributed by atoms with van der Waals surface area (Å²) in [5, 5.41) is 21.8. The highest BCUT2D eigenvalue weighted by Crippen LogP contribution is 2.67. The molecule has 2 N–H and O–H groups in total. The first-order valence-electron chi connectivity index (χ1n) is 12.7. The molecule has 4 aliphatic rings. The molecular formula is C27H46O2. The van der Waals surface area contributed by atoms with Crippen molar-refractivity contribution in [3.63, 3.8) is 0 Å². The zero-order chi connectivity index (χ0) is 21.0. The summed E-state index contributed by atoms with van der Waals surface area (Å²) < 4.78 is 0. The number of allylic oxidation sites excluding steroid dienone is 1. The molecule has 0 aliphatic heterocycles. The van der Waals surface area contributed by atoms with Gasteiger partial charge in [0.1, 0.15) is 0 Å². The predicted octanol–water partition coefficient (Wildman–Crippen LogP) is 6.50. The highest BCUT2D eigenvalue weighted by atomic mass is 16.3. The maximum atomic E-state index is 11.6. The van der Waals surface area contributed by atoms with Gasteiger partial charge in [0.2, 0.25) is 0 Å². The standard InChI is InChI=1S/C27H46O2/c1-18(2)7-6-14-27(5,29)24-11-10-22-21-9-8-19-17-20(28)12-15-25(19,3)23(21)13-16-26(22,24)4/h8,18,20-24,28-29H,6-7,9-17H2,1-5H3/t20-,21-,22?,23?,24?,25-,26-,27-/m0/s1. The van der Waals surface area contributed by atoms with Crippen LogP contribution in [0.15, 0.2) is 11.6 Å². The summed E-state index contributed by atoms with van der Waals surface area (Å²) in [7, 11) is 0. The van der Waals surface area contributed by atoms with Crippen LogP contribution in [0.1, 0.15) is 105 Å². The Bertz CT molecular complexity index is 634. The summed E-state index contributed by atoms with van der Waals surface area (Å²) in [6.45, 7) is 11.8. The van der Waals surface area contributed by atoms with Crippen LogP contribution < -0.4 is 0 Å². The van der Waals surface area contributed by atoms with Gasteiger partial charge in [0.25, 0.3) is 0 Å². The number of rotatable bonds is 5. The quantitative estimate of drug-likeness (QED) is 0.515. The molecule has 2 nitrogen and oxygen atoms in total. The summed E-state index contributed by atoms with van der Waals surface area (Å²) in [6, 6.07) is 0. The zero-order valence-electron chi connectivity index (χ0n) is 19.7. The fourth-order valence-electron chi connectivity index (χ4n) is 8.71. The van der Waals surface area contributed by atoms with Gasteiger partial charge in [0.05, 0.1) is 11.7 Å². The van der Waals surface area contributed by atoms with E-state index in [0.29, 0.717) is 16.7 Å². The Morgan fingerprint density at radius 1 is 1.10 bits per heavy atom. The average Bonchev–Trinajstić information content (AvgIpc) is 3.00. The van der Waals surface area contributed by atoms with E-state index in [9.17, 15) is 10.2 Å². The van der Waals surface area contributed by atoms with Crippen molar-refractivity contribution >= 4 is 0 Å². The van der Waals surface area contributed by atoms with Gasteiger partial charge in [-0.3, -0.25) is 0 Å². The van der Waals surface area contributed by atoms with Crippen molar-refractivity contribution < 1.29 is 10.2 Å². The molecule has 0 radical (unpaired) electrons. The van der Waals surface area contributed by atoms with Crippen molar-refractivity contribution in [1.82, 2.24) is 0 Å². The highest BCUT2D eigenvalue weighted by molar-refractivity contribution is 5.25. The Balaban J connectivity index is 1.53. The molecule has 4 rings (SSSR count). The molecule has 0 spiro atoms. The molecule has 0 saturated heterocycles. The van der Waals surface area contributed by atoms with E-state index in [1.54, 1.807) is 5.57 Å². The molecule has 4 aliphatic carbocycles. The van der Waals surface area contributed by atoms with Crippen molar-refractivity contribution in [1.29, 1.82) is 0 Å². The van der Waals surface area contributed by atoms with Crippen LogP contribution in [0.2, 0.25) is 0 Å². The Hall–Kier alpha value is -0.340. The third kappa shape index (κ3) is 3.65. The molecule has 0 aromatic rings. The third-order valence-corrected chi connectivity index (χ3v) is 10.3. The van der Waals surface area contributed by atoms with Crippen molar-refractivity contribution in [3.05, 3.63) is 11.6 Å². The molecule has 0 aromatic carbocycles. The van der Waals surface area contributed by atoms with E-state index in [1.807, 2.05) is 0 Å². The maximum absolute atomic E-state index is 11.6. The lowest BCUT2D eigenvalue weighted by atomic mass is 9.46. The second-order valence-electron chi connectivity index (χ2n) is 12.5. The van der Waals surface area contributed by atoms with E-state index in [0.717, 1.165) is 49.4 Å². The molecule has 2 heteroatoms. The van der Waals surface area contributed by atoms with Crippen LogP contribution >= 0.6 is 0 Å². The molecule has 29 heavy (non-hydrogen) atoms. The molecule has 0 aromatic heterocycles. The maximum Gasteiger partial charge on any atom is 0.0653 e. The monoisotopic (exact) mass is 402 g/mol. The van der Waals surface area contributed by atoms with Gasteiger partial charge in [-0.25, -0.2) is 0 Å². The van der Waals surface area contributed by atoms with Crippen molar-refractivity contribution in [2.24, 2.45) is 40.4 Å². The SMILES string of the molecule is CC(C)CCC[C@](C)(O)C1CCC2[C@@H]3CC=C4C[C@@H](O)CC[C@]4(C)C3CC[C@@]21C. The van der Waals surface area contributed by atoms with Crippen LogP contribution in [0.25, 0.3) is 0 Å². The van der Waals surface area contributed by atoms with Crippen LogP contribution in [-0.4, -0.2) is 21.9 Å².